The summed E-state index contributed by atoms with van der Waals surface area (Å²) in [5.41, 5.74) is 8.33. The Bertz CT molecular complexity index is 1330. The number of ether oxygens (including phenoxy) is 1. The quantitative estimate of drug-likeness (QED) is 0.301. The monoisotopic (exact) mass is 501 g/mol. The van der Waals surface area contributed by atoms with Crippen molar-refractivity contribution in [2.75, 3.05) is 18.2 Å². The summed E-state index contributed by atoms with van der Waals surface area (Å²) < 4.78 is 4.83. The Labute approximate surface area is 215 Å². The van der Waals surface area contributed by atoms with Gasteiger partial charge in [-0.3, -0.25) is 14.7 Å². The molecular weight excluding hydrogens is 470 g/mol. The van der Waals surface area contributed by atoms with E-state index in [1.54, 1.807) is 0 Å². The van der Waals surface area contributed by atoms with Gasteiger partial charge >= 0.3 is 5.97 Å². The summed E-state index contributed by atoms with van der Waals surface area (Å²) in [7, 11) is 1.45. The number of nitrogens with one attached hydrogen (secondary N) is 2. The largest absolute Gasteiger partial charge is 0.469 e. The standard InChI is InChI=1S/C29H31N3O3S/c1-17-4-13-23(14-18(17)2)30-29(34)22-11-9-21(10-12-22)26-28-27(32-31-26)24(16-36-28)20-7-5-19(6-8-20)15-25(33)35-3/h4,7,9-14,19,24H,5-6,8,15-16H2,1-3H3,(H,30,34)(H,31,32). The van der Waals surface area contributed by atoms with E-state index in [1.807, 2.05) is 61.2 Å². The fourth-order valence-electron chi connectivity index (χ4n) is 5.00. The number of carbonyl (C=O) groups is 2. The first-order valence-electron chi connectivity index (χ1n) is 12.4. The minimum absolute atomic E-state index is 0.123. The third-order valence-electron chi connectivity index (χ3n) is 7.36. The van der Waals surface area contributed by atoms with Crippen molar-refractivity contribution in [3.05, 3.63) is 76.5 Å². The lowest BCUT2D eigenvalue weighted by atomic mass is 9.82. The number of methoxy groups -OCH3 is 1. The number of hydrogen-bond acceptors (Lipinski definition) is 5. The highest BCUT2D eigenvalue weighted by Crippen LogP contribution is 2.48. The van der Waals surface area contributed by atoms with Crippen LogP contribution in [-0.4, -0.2) is 34.9 Å². The number of aromatic nitrogens is 2. The van der Waals surface area contributed by atoms with Crippen molar-refractivity contribution in [1.29, 1.82) is 0 Å². The SMILES string of the molecule is COC(=O)CC1CC=C(C2CSc3c(-c4ccc(C(=O)Nc5ccc(C)c(C)c5)cc4)n[nH]c32)CC1. The van der Waals surface area contributed by atoms with Crippen LogP contribution in [0.3, 0.4) is 0 Å². The van der Waals surface area contributed by atoms with Crippen LogP contribution >= 0.6 is 11.8 Å². The van der Waals surface area contributed by atoms with Crippen LogP contribution in [0, 0.1) is 19.8 Å². The van der Waals surface area contributed by atoms with Gasteiger partial charge in [-0.25, -0.2) is 0 Å². The van der Waals surface area contributed by atoms with E-state index in [0.717, 1.165) is 47.5 Å². The number of esters is 1. The maximum absolute atomic E-state index is 12.7. The minimum atomic E-state index is -0.124. The molecule has 6 nitrogen and oxygen atoms in total. The molecule has 3 aromatic rings. The van der Waals surface area contributed by atoms with Crippen LogP contribution in [-0.2, 0) is 9.53 Å². The summed E-state index contributed by atoms with van der Waals surface area (Å²) >= 11 is 1.84. The van der Waals surface area contributed by atoms with Gasteiger partial charge < -0.3 is 10.1 Å². The van der Waals surface area contributed by atoms with E-state index in [2.05, 4.69) is 28.5 Å². The molecule has 0 saturated heterocycles. The molecule has 2 aliphatic rings. The number of fused-ring (bicyclic) bond motifs is 1. The van der Waals surface area contributed by atoms with Crippen LogP contribution in [0.4, 0.5) is 5.69 Å². The average Bonchev–Trinajstić information content (AvgIpc) is 3.49. The summed E-state index contributed by atoms with van der Waals surface area (Å²) in [6.07, 6.45) is 5.77. The Balaban J connectivity index is 1.27. The van der Waals surface area contributed by atoms with Crippen molar-refractivity contribution in [3.8, 4) is 11.3 Å². The number of aromatic amines is 1. The number of hydrogen-bond donors (Lipinski definition) is 2. The van der Waals surface area contributed by atoms with Gasteiger partial charge in [-0.15, -0.1) is 11.8 Å². The predicted molar refractivity (Wildman–Crippen MR) is 143 cm³/mol. The summed E-state index contributed by atoms with van der Waals surface area (Å²) in [6.45, 7) is 4.10. The first kappa shape index (κ1) is 24.4. The molecule has 36 heavy (non-hydrogen) atoms. The Morgan fingerprint density at radius 2 is 1.94 bits per heavy atom. The van der Waals surface area contributed by atoms with E-state index < -0.39 is 0 Å². The number of H-pyrrole nitrogens is 1. The van der Waals surface area contributed by atoms with Gasteiger partial charge in [0.05, 0.1) is 17.7 Å². The van der Waals surface area contributed by atoms with Gasteiger partial charge in [0.15, 0.2) is 0 Å². The van der Waals surface area contributed by atoms with Gasteiger partial charge in [0.25, 0.3) is 5.91 Å². The van der Waals surface area contributed by atoms with E-state index in [9.17, 15) is 9.59 Å². The highest BCUT2D eigenvalue weighted by atomic mass is 32.2. The second-order valence-corrected chi connectivity index (χ2v) is 10.7. The minimum Gasteiger partial charge on any atom is -0.469 e. The van der Waals surface area contributed by atoms with Gasteiger partial charge in [-0.2, -0.15) is 5.10 Å². The molecule has 2 heterocycles. The van der Waals surface area contributed by atoms with Crippen molar-refractivity contribution >= 4 is 29.3 Å². The number of benzene rings is 2. The summed E-state index contributed by atoms with van der Waals surface area (Å²) in [6, 6.07) is 13.6. The van der Waals surface area contributed by atoms with Gasteiger partial charge in [-0.05, 0) is 74.4 Å². The lowest BCUT2D eigenvalue weighted by Gasteiger charge is -2.24. The number of allylic oxidation sites excluding steroid dienone is 2. The molecule has 7 heteroatoms. The molecule has 0 bridgehead atoms. The summed E-state index contributed by atoms with van der Waals surface area (Å²) in [4.78, 5) is 25.5. The van der Waals surface area contributed by atoms with Crippen LogP contribution in [0.5, 0.6) is 0 Å². The normalized spacial score (nSPS) is 18.9. The predicted octanol–water partition coefficient (Wildman–Crippen LogP) is 6.42. The Morgan fingerprint density at radius 3 is 2.64 bits per heavy atom. The maximum atomic E-state index is 12.7. The Morgan fingerprint density at radius 1 is 1.14 bits per heavy atom. The number of thioether (sulfide) groups is 1. The fraction of sp³-hybridized carbons (Fsp3) is 0.345. The van der Waals surface area contributed by atoms with Crippen molar-refractivity contribution < 1.29 is 14.3 Å². The third-order valence-corrected chi connectivity index (χ3v) is 8.56. The highest BCUT2D eigenvalue weighted by Gasteiger charge is 2.33. The molecule has 1 aliphatic carbocycles. The summed E-state index contributed by atoms with van der Waals surface area (Å²) in [5.74, 6) is 1.47. The van der Waals surface area contributed by atoms with Crippen molar-refractivity contribution in [2.45, 2.75) is 50.3 Å². The maximum Gasteiger partial charge on any atom is 0.305 e. The van der Waals surface area contributed by atoms with Crippen LogP contribution in [0.25, 0.3) is 11.3 Å². The number of aryl methyl sites for hydroxylation is 2. The Hall–Kier alpha value is -3.32. The lowest BCUT2D eigenvalue weighted by Crippen LogP contribution is -2.15. The van der Waals surface area contributed by atoms with Crippen molar-refractivity contribution in [3.63, 3.8) is 0 Å². The number of nitrogens with zero attached hydrogens (tertiary/aromatic N) is 1. The fourth-order valence-corrected chi connectivity index (χ4v) is 6.35. The number of rotatable bonds is 6. The van der Waals surface area contributed by atoms with Crippen LogP contribution in [0.1, 0.15) is 58.8 Å². The molecular formula is C29H31N3O3S. The molecule has 186 valence electrons. The van der Waals surface area contributed by atoms with Gasteiger partial charge in [0, 0.05) is 34.9 Å². The van der Waals surface area contributed by atoms with Crippen LogP contribution in [0.2, 0.25) is 0 Å². The molecule has 5 rings (SSSR count). The van der Waals surface area contributed by atoms with E-state index in [4.69, 9.17) is 4.74 Å². The van der Waals surface area contributed by atoms with Gasteiger partial charge in [0.1, 0.15) is 5.69 Å². The molecule has 1 aromatic heterocycles. The zero-order valence-electron chi connectivity index (χ0n) is 20.9. The molecule has 0 radical (unpaired) electrons. The van der Waals surface area contributed by atoms with Crippen LogP contribution in [0.15, 0.2) is 59.0 Å². The zero-order valence-corrected chi connectivity index (χ0v) is 21.7. The molecule has 1 amide bonds. The summed E-state index contributed by atoms with van der Waals surface area (Å²) in [5, 5.41) is 10.9. The highest BCUT2D eigenvalue weighted by molar-refractivity contribution is 7.99. The van der Waals surface area contributed by atoms with Crippen molar-refractivity contribution in [2.24, 2.45) is 5.92 Å². The second-order valence-electron chi connectivity index (χ2n) is 9.71. The van der Waals surface area contributed by atoms with E-state index in [1.165, 1.54) is 28.8 Å². The molecule has 0 saturated carbocycles. The second kappa shape index (κ2) is 10.3. The van der Waals surface area contributed by atoms with E-state index in [-0.39, 0.29) is 11.9 Å². The molecule has 2 aromatic carbocycles. The number of carbonyl (C=O) groups excluding carboxylic acids is 2. The molecule has 1 aliphatic heterocycles. The van der Waals surface area contributed by atoms with Crippen molar-refractivity contribution in [1.82, 2.24) is 10.2 Å². The molecule has 2 unspecified atom stereocenters. The van der Waals surface area contributed by atoms with E-state index in [0.29, 0.717) is 23.8 Å². The first-order chi connectivity index (χ1) is 17.4. The molecule has 2 N–H and O–H groups in total. The smallest absolute Gasteiger partial charge is 0.305 e. The van der Waals surface area contributed by atoms with Crippen LogP contribution < -0.4 is 5.32 Å². The average molecular weight is 502 g/mol. The number of amides is 1. The zero-order chi connectivity index (χ0) is 25.2. The lowest BCUT2D eigenvalue weighted by molar-refractivity contribution is -0.141. The third kappa shape index (κ3) is 4.98. The molecule has 0 spiro atoms. The van der Waals surface area contributed by atoms with E-state index >= 15 is 0 Å². The van der Waals surface area contributed by atoms with Gasteiger partial charge in [0.2, 0.25) is 0 Å². The topological polar surface area (TPSA) is 84.1 Å². The molecule has 2 atom stereocenters. The van der Waals surface area contributed by atoms with Gasteiger partial charge in [-0.1, -0.05) is 29.8 Å². The first-order valence-corrected chi connectivity index (χ1v) is 13.4. The molecule has 0 fully saturated rings. The Kier molecular flexibility index (Phi) is 7.01. The number of anilines is 1.